The summed E-state index contributed by atoms with van der Waals surface area (Å²) in [6.45, 7) is 5.06. The minimum Gasteiger partial charge on any atom is -0.479 e. The molecule has 4 N–H and O–H groups in total. The Bertz CT molecular complexity index is 883. The van der Waals surface area contributed by atoms with Gasteiger partial charge in [0.2, 0.25) is 0 Å². The highest BCUT2D eigenvalue weighted by molar-refractivity contribution is 5.87. The van der Waals surface area contributed by atoms with E-state index in [2.05, 4.69) is 15.6 Å². The van der Waals surface area contributed by atoms with Gasteiger partial charge < -0.3 is 25.6 Å². The van der Waals surface area contributed by atoms with Crippen LogP contribution in [0, 0.1) is 0 Å². The molecule has 0 aliphatic rings. The van der Waals surface area contributed by atoms with E-state index in [9.17, 15) is 24.6 Å². The fourth-order valence-corrected chi connectivity index (χ4v) is 2.81. The zero-order valence-corrected chi connectivity index (χ0v) is 17.6. The van der Waals surface area contributed by atoms with Crippen molar-refractivity contribution in [1.29, 1.82) is 0 Å². The number of aliphatic hydroxyl groups excluding tert-OH is 1. The van der Waals surface area contributed by atoms with Crippen LogP contribution in [0.15, 0.2) is 54.9 Å². The highest BCUT2D eigenvalue weighted by Crippen LogP contribution is 2.14. The predicted octanol–water partition coefficient (Wildman–Crippen LogP) is 1.82. The third-order valence-corrected chi connectivity index (χ3v) is 4.20. The zero-order valence-electron chi connectivity index (χ0n) is 17.6. The van der Waals surface area contributed by atoms with E-state index in [4.69, 9.17) is 4.74 Å². The Morgan fingerprint density at radius 2 is 1.74 bits per heavy atom. The quantitative estimate of drug-likeness (QED) is 0.502. The first-order valence-electron chi connectivity index (χ1n) is 9.71. The topological polar surface area (TPSA) is 138 Å². The molecule has 0 saturated carbocycles. The normalized spacial score (nSPS) is 14.1. The predicted molar refractivity (Wildman–Crippen MR) is 112 cm³/mol. The van der Waals surface area contributed by atoms with Crippen LogP contribution in [0.3, 0.4) is 0 Å². The van der Waals surface area contributed by atoms with E-state index in [1.54, 1.807) is 45.0 Å². The standard InChI is InChI=1S/C22H27N3O6/c1-22(2,3)31-21(30)24-16(12-14-8-5-4-6-9-14)18(26)19(27)25-17(20(28)29)15-10-7-11-23-13-15/h4-11,13,16-18,26H,12H2,1-3H3,(H,24,30)(H,25,27)(H,28,29)/t16-,17+,18+/m1/s1. The number of aliphatic hydroxyl groups is 1. The number of amides is 2. The zero-order chi connectivity index (χ0) is 23.0. The van der Waals surface area contributed by atoms with Crippen LogP contribution in [0.5, 0.6) is 0 Å². The van der Waals surface area contributed by atoms with Crippen LogP contribution in [-0.2, 0) is 20.7 Å². The lowest BCUT2D eigenvalue weighted by Crippen LogP contribution is -2.53. The fraction of sp³-hybridized carbons (Fsp3) is 0.364. The molecule has 0 saturated heterocycles. The van der Waals surface area contributed by atoms with E-state index in [1.165, 1.54) is 24.5 Å². The highest BCUT2D eigenvalue weighted by atomic mass is 16.6. The first-order chi connectivity index (χ1) is 14.6. The molecule has 9 heteroatoms. The Kier molecular flexibility index (Phi) is 8.09. The molecular weight excluding hydrogens is 402 g/mol. The number of aromatic nitrogens is 1. The van der Waals surface area contributed by atoms with Crippen LogP contribution in [-0.4, -0.2) is 50.9 Å². The molecule has 166 valence electrons. The van der Waals surface area contributed by atoms with Gasteiger partial charge in [0.1, 0.15) is 5.60 Å². The molecule has 0 bridgehead atoms. The molecule has 2 aromatic rings. The summed E-state index contributed by atoms with van der Waals surface area (Å²) in [5.41, 5.74) is 0.233. The van der Waals surface area contributed by atoms with Crippen molar-refractivity contribution in [3.8, 4) is 0 Å². The molecule has 0 aliphatic carbocycles. The number of benzene rings is 1. The van der Waals surface area contributed by atoms with Crippen molar-refractivity contribution >= 4 is 18.0 Å². The number of hydrogen-bond acceptors (Lipinski definition) is 6. The number of ether oxygens (including phenoxy) is 1. The molecule has 0 unspecified atom stereocenters. The molecule has 1 aromatic heterocycles. The SMILES string of the molecule is CC(C)(C)OC(=O)N[C@H](Cc1ccccc1)[C@H](O)C(=O)N[C@H](C(=O)O)c1cccnc1. The maximum Gasteiger partial charge on any atom is 0.407 e. The molecule has 0 spiro atoms. The smallest absolute Gasteiger partial charge is 0.407 e. The van der Waals surface area contributed by atoms with Gasteiger partial charge in [0, 0.05) is 18.0 Å². The Labute approximate surface area is 180 Å². The number of carbonyl (C=O) groups is 3. The van der Waals surface area contributed by atoms with Crippen molar-refractivity contribution in [1.82, 2.24) is 15.6 Å². The average molecular weight is 429 g/mol. The molecular formula is C22H27N3O6. The minimum atomic E-state index is -1.73. The molecule has 0 radical (unpaired) electrons. The van der Waals surface area contributed by atoms with Gasteiger partial charge in [-0.25, -0.2) is 9.59 Å². The fourth-order valence-electron chi connectivity index (χ4n) is 2.81. The average Bonchev–Trinajstić information content (AvgIpc) is 2.70. The Hall–Kier alpha value is -3.46. The summed E-state index contributed by atoms with van der Waals surface area (Å²) >= 11 is 0. The number of carbonyl (C=O) groups excluding carboxylic acids is 2. The maximum absolute atomic E-state index is 12.7. The van der Waals surface area contributed by atoms with Gasteiger partial charge in [-0.15, -0.1) is 0 Å². The summed E-state index contributed by atoms with van der Waals surface area (Å²) in [4.78, 5) is 40.4. The van der Waals surface area contributed by atoms with E-state index in [1.807, 2.05) is 6.07 Å². The van der Waals surface area contributed by atoms with Crippen LogP contribution in [0.4, 0.5) is 4.79 Å². The number of nitrogens with one attached hydrogen (secondary N) is 2. The largest absolute Gasteiger partial charge is 0.479 e. The van der Waals surface area contributed by atoms with Gasteiger partial charge in [0.15, 0.2) is 12.1 Å². The summed E-state index contributed by atoms with van der Waals surface area (Å²) in [6.07, 6.45) is 0.374. The number of carboxylic acids is 1. The van der Waals surface area contributed by atoms with Gasteiger partial charge >= 0.3 is 12.1 Å². The van der Waals surface area contributed by atoms with Crippen molar-refractivity contribution in [3.63, 3.8) is 0 Å². The Morgan fingerprint density at radius 1 is 1.06 bits per heavy atom. The monoisotopic (exact) mass is 429 g/mol. The molecule has 9 nitrogen and oxygen atoms in total. The summed E-state index contributed by atoms with van der Waals surface area (Å²) in [5.74, 6) is -2.26. The third-order valence-electron chi connectivity index (χ3n) is 4.20. The third kappa shape index (κ3) is 7.71. The number of rotatable bonds is 8. The van der Waals surface area contributed by atoms with Crippen molar-refractivity contribution in [2.45, 2.75) is 51.0 Å². The van der Waals surface area contributed by atoms with E-state index < -0.39 is 41.8 Å². The first-order valence-corrected chi connectivity index (χ1v) is 9.71. The van der Waals surface area contributed by atoms with E-state index in [-0.39, 0.29) is 12.0 Å². The van der Waals surface area contributed by atoms with E-state index >= 15 is 0 Å². The van der Waals surface area contributed by atoms with E-state index in [0.717, 1.165) is 5.56 Å². The second-order valence-electron chi connectivity index (χ2n) is 7.95. The number of hydrogen-bond donors (Lipinski definition) is 4. The van der Waals surface area contributed by atoms with Gasteiger partial charge in [0.25, 0.3) is 5.91 Å². The van der Waals surface area contributed by atoms with E-state index in [0.29, 0.717) is 0 Å². The lowest BCUT2D eigenvalue weighted by atomic mass is 10.00. The maximum atomic E-state index is 12.7. The minimum absolute atomic E-state index is 0.124. The Balaban J connectivity index is 2.19. The first kappa shape index (κ1) is 23.8. The molecule has 0 fully saturated rings. The molecule has 31 heavy (non-hydrogen) atoms. The number of carboxylic acid groups (broad SMARTS) is 1. The molecule has 1 aromatic carbocycles. The number of alkyl carbamates (subject to hydrolysis) is 1. The lowest BCUT2D eigenvalue weighted by Gasteiger charge is -2.27. The van der Waals surface area contributed by atoms with Crippen LogP contribution < -0.4 is 10.6 Å². The van der Waals surface area contributed by atoms with Gasteiger partial charge in [-0.2, -0.15) is 0 Å². The highest BCUT2D eigenvalue weighted by Gasteiger charge is 2.32. The van der Waals surface area contributed by atoms with Crippen LogP contribution in [0.2, 0.25) is 0 Å². The summed E-state index contributed by atoms with van der Waals surface area (Å²) in [5, 5.41) is 25.0. The molecule has 3 atom stereocenters. The van der Waals surface area contributed by atoms with Crippen molar-refractivity contribution in [3.05, 3.63) is 66.0 Å². The van der Waals surface area contributed by atoms with Crippen molar-refractivity contribution in [2.24, 2.45) is 0 Å². The lowest BCUT2D eigenvalue weighted by molar-refractivity contribution is -0.144. The second kappa shape index (κ2) is 10.5. The summed E-state index contributed by atoms with van der Waals surface area (Å²) in [7, 11) is 0. The van der Waals surface area contributed by atoms with Crippen LogP contribution >= 0.6 is 0 Å². The number of pyridine rings is 1. The van der Waals surface area contributed by atoms with Gasteiger partial charge in [-0.3, -0.25) is 9.78 Å². The van der Waals surface area contributed by atoms with Crippen molar-refractivity contribution < 1.29 is 29.3 Å². The molecule has 2 rings (SSSR count). The van der Waals surface area contributed by atoms with Gasteiger partial charge in [-0.05, 0) is 38.8 Å². The van der Waals surface area contributed by atoms with Crippen molar-refractivity contribution in [2.75, 3.05) is 0 Å². The van der Waals surface area contributed by atoms with Gasteiger partial charge in [-0.1, -0.05) is 36.4 Å². The molecule has 0 aliphatic heterocycles. The van der Waals surface area contributed by atoms with Crippen LogP contribution in [0.1, 0.15) is 37.9 Å². The summed E-state index contributed by atoms with van der Waals surface area (Å²) in [6, 6.07) is 9.53. The Morgan fingerprint density at radius 3 is 2.29 bits per heavy atom. The van der Waals surface area contributed by atoms with Crippen LogP contribution in [0.25, 0.3) is 0 Å². The second-order valence-corrected chi connectivity index (χ2v) is 7.95. The summed E-state index contributed by atoms with van der Waals surface area (Å²) < 4.78 is 5.23. The number of aliphatic carboxylic acids is 1. The molecule has 2 amide bonds. The van der Waals surface area contributed by atoms with Gasteiger partial charge in [0.05, 0.1) is 6.04 Å². The molecule has 1 heterocycles. The number of nitrogens with zero attached hydrogens (tertiary/aromatic N) is 1.